The molecule has 0 aliphatic carbocycles. The third kappa shape index (κ3) is 6.11. The monoisotopic (exact) mass is 161 g/mol. The third-order valence-electron chi connectivity index (χ3n) is 1.16. The van der Waals surface area contributed by atoms with Crippen LogP contribution >= 0.6 is 11.8 Å². The standard InChI is InChI=1S/C7H15NOS/c1-3-4-5-7(8)10-6(2)9/h7H,3-5,8H2,1-2H3. The van der Waals surface area contributed by atoms with Crippen molar-refractivity contribution < 1.29 is 4.79 Å². The van der Waals surface area contributed by atoms with Gasteiger partial charge < -0.3 is 5.73 Å². The van der Waals surface area contributed by atoms with Crippen LogP contribution in [-0.4, -0.2) is 10.5 Å². The number of hydrogen-bond acceptors (Lipinski definition) is 3. The van der Waals surface area contributed by atoms with Gasteiger partial charge in [0.15, 0.2) is 5.12 Å². The van der Waals surface area contributed by atoms with Crippen LogP contribution in [0.2, 0.25) is 0 Å². The molecule has 0 rings (SSSR count). The van der Waals surface area contributed by atoms with Gasteiger partial charge >= 0.3 is 0 Å². The molecule has 0 spiro atoms. The van der Waals surface area contributed by atoms with E-state index < -0.39 is 0 Å². The first-order valence-electron chi connectivity index (χ1n) is 3.59. The second kappa shape index (κ2) is 5.74. The van der Waals surface area contributed by atoms with Crippen LogP contribution in [-0.2, 0) is 4.79 Å². The van der Waals surface area contributed by atoms with Crippen molar-refractivity contribution in [1.82, 2.24) is 0 Å². The van der Waals surface area contributed by atoms with Gasteiger partial charge in [-0.25, -0.2) is 0 Å². The van der Waals surface area contributed by atoms with E-state index in [0.717, 1.165) is 19.3 Å². The van der Waals surface area contributed by atoms with Gasteiger partial charge in [0, 0.05) is 6.92 Å². The summed E-state index contributed by atoms with van der Waals surface area (Å²) in [5.41, 5.74) is 5.60. The number of rotatable bonds is 4. The van der Waals surface area contributed by atoms with Crippen molar-refractivity contribution in [2.24, 2.45) is 5.73 Å². The summed E-state index contributed by atoms with van der Waals surface area (Å²) in [6.45, 7) is 3.67. The number of nitrogens with two attached hydrogens (primary N) is 1. The van der Waals surface area contributed by atoms with Crippen LogP contribution in [0.4, 0.5) is 0 Å². The van der Waals surface area contributed by atoms with Crippen molar-refractivity contribution in [1.29, 1.82) is 0 Å². The van der Waals surface area contributed by atoms with Crippen molar-refractivity contribution in [3.8, 4) is 0 Å². The van der Waals surface area contributed by atoms with Gasteiger partial charge in [-0.15, -0.1) is 0 Å². The van der Waals surface area contributed by atoms with Crippen LogP contribution in [0.15, 0.2) is 0 Å². The summed E-state index contributed by atoms with van der Waals surface area (Å²) < 4.78 is 0. The molecule has 0 amide bonds. The van der Waals surface area contributed by atoms with E-state index in [1.807, 2.05) is 0 Å². The van der Waals surface area contributed by atoms with E-state index in [-0.39, 0.29) is 10.5 Å². The van der Waals surface area contributed by atoms with E-state index in [2.05, 4.69) is 6.92 Å². The summed E-state index contributed by atoms with van der Waals surface area (Å²) in [6.07, 6.45) is 3.20. The molecule has 2 N–H and O–H groups in total. The van der Waals surface area contributed by atoms with Gasteiger partial charge in [0.2, 0.25) is 0 Å². The van der Waals surface area contributed by atoms with Crippen molar-refractivity contribution in [2.75, 3.05) is 0 Å². The molecule has 3 heteroatoms. The highest BCUT2D eigenvalue weighted by Gasteiger charge is 2.04. The van der Waals surface area contributed by atoms with E-state index in [9.17, 15) is 4.79 Å². The maximum Gasteiger partial charge on any atom is 0.187 e. The van der Waals surface area contributed by atoms with E-state index in [0.29, 0.717) is 0 Å². The van der Waals surface area contributed by atoms with E-state index in [1.54, 1.807) is 6.92 Å². The number of unbranched alkanes of at least 4 members (excludes halogenated alkanes) is 1. The van der Waals surface area contributed by atoms with Gasteiger partial charge in [-0.3, -0.25) is 4.79 Å². The average molecular weight is 161 g/mol. The zero-order chi connectivity index (χ0) is 7.98. The van der Waals surface area contributed by atoms with Crippen molar-refractivity contribution in [3.05, 3.63) is 0 Å². The van der Waals surface area contributed by atoms with Gasteiger partial charge in [-0.2, -0.15) is 0 Å². The van der Waals surface area contributed by atoms with Gasteiger partial charge in [-0.05, 0) is 6.42 Å². The molecular formula is C7H15NOS. The van der Waals surface area contributed by atoms with Crippen LogP contribution in [0.25, 0.3) is 0 Å². The summed E-state index contributed by atoms with van der Waals surface area (Å²) in [6, 6.07) is 0. The molecule has 0 saturated carbocycles. The maximum atomic E-state index is 10.5. The SMILES string of the molecule is CCCCC(N)SC(C)=O. The predicted molar refractivity (Wildman–Crippen MR) is 45.8 cm³/mol. The number of thioether (sulfide) groups is 1. The molecule has 0 aromatic heterocycles. The Morgan fingerprint density at radius 3 is 2.70 bits per heavy atom. The molecule has 0 aromatic rings. The lowest BCUT2D eigenvalue weighted by Gasteiger charge is -2.06. The second-order valence-corrected chi connectivity index (χ2v) is 3.71. The fraction of sp³-hybridized carbons (Fsp3) is 0.857. The quantitative estimate of drug-likeness (QED) is 0.639. The Labute approximate surface area is 66.6 Å². The first-order chi connectivity index (χ1) is 4.66. The minimum atomic E-state index is 0.0115. The minimum absolute atomic E-state index is 0.0115. The Hall–Kier alpha value is -0.0200. The van der Waals surface area contributed by atoms with Gasteiger partial charge in [0.05, 0.1) is 5.37 Å². The Balaban J connectivity index is 3.25. The Kier molecular flexibility index (Phi) is 5.73. The summed E-state index contributed by atoms with van der Waals surface area (Å²) in [4.78, 5) is 10.5. The van der Waals surface area contributed by atoms with Gasteiger partial charge in [-0.1, -0.05) is 31.5 Å². The van der Waals surface area contributed by atoms with Crippen molar-refractivity contribution >= 4 is 16.9 Å². The van der Waals surface area contributed by atoms with E-state index in [1.165, 1.54) is 11.8 Å². The molecule has 0 heterocycles. The Morgan fingerprint density at radius 1 is 1.70 bits per heavy atom. The smallest absolute Gasteiger partial charge is 0.187 e. The zero-order valence-electron chi connectivity index (χ0n) is 6.59. The normalized spacial score (nSPS) is 13.1. The summed E-state index contributed by atoms with van der Waals surface area (Å²) in [5.74, 6) is 0. The highest BCUT2D eigenvalue weighted by molar-refractivity contribution is 8.14. The zero-order valence-corrected chi connectivity index (χ0v) is 7.41. The molecule has 1 atom stereocenters. The first-order valence-corrected chi connectivity index (χ1v) is 4.47. The van der Waals surface area contributed by atoms with Crippen molar-refractivity contribution in [3.63, 3.8) is 0 Å². The third-order valence-corrected chi connectivity index (χ3v) is 2.03. The van der Waals surface area contributed by atoms with Crippen LogP contribution < -0.4 is 5.73 Å². The lowest BCUT2D eigenvalue weighted by molar-refractivity contribution is -0.109. The molecule has 0 fully saturated rings. The fourth-order valence-electron chi connectivity index (χ4n) is 0.677. The number of hydrogen-bond donors (Lipinski definition) is 1. The Bertz CT molecular complexity index is 106. The molecule has 0 radical (unpaired) electrons. The largest absolute Gasteiger partial charge is 0.319 e. The number of carbonyl (C=O) groups excluding carboxylic acids is 1. The predicted octanol–water partition coefficient (Wildman–Crippen LogP) is 1.74. The van der Waals surface area contributed by atoms with Crippen LogP contribution in [0.1, 0.15) is 33.1 Å². The fourth-order valence-corrected chi connectivity index (χ4v) is 1.39. The van der Waals surface area contributed by atoms with Crippen LogP contribution in [0.5, 0.6) is 0 Å². The second-order valence-electron chi connectivity index (χ2n) is 2.29. The van der Waals surface area contributed by atoms with Crippen LogP contribution in [0.3, 0.4) is 0 Å². The molecule has 0 aromatic carbocycles. The summed E-state index contributed by atoms with van der Waals surface area (Å²) in [7, 11) is 0. The molecule has 60 valence electrons. The molecule has 0 bridgehead atoms. The minimum Gasteiger partial charge on any atom is -0.319 e. The first kappa shape index (κ1) is 9.98. The van der Waals surface area contributed by atoms with E-state index >= 15 is 0 Å². The molecule has 10 heavy (non-hydrogen) atoms. The molecule has 2 nitrogen and oxygen atoms in total. The topological polar surface area (TPSA) is 43.1 Å². The molecule has 1 unspecified atom stereocenters. The molecule has 0 aliphatic rings. The lowest BCUT2D eigenvalue weighted by atomic mass is 10.2. The van der Waals surface area contributed by atoms with Crippen LogP contribution in [0, 0.1) is 0 Å². The highest BCUT2D eigenvalue weighted by atomic mass is 32.2. The highest BCUT2D eigenvalue weighted by Crippen LogP contribution is 2.12. The molecular weight excluding hydrogens is 146 g/mol. The maximum absolute atomic E-state index is 10.5. The van der Waals surface area contributed by atoms with Crippen molar-refractivity contribution in [2.45, 2.75) is 38.5 Å². The van der Waals surface area contributed by atoms with Gasteiger partial charge in [0.25, 0.3) is 0 Å². The summed E-state index contributed by atoms with van der Waals surface area (Å²) in [5, 5.41) is 0.126. The average Bonchev–Trinajstić information content (AvgIpc) is 1.82. The van der Waals surface area contributed by atoms with Gasteiger partial charge in [0.1, 0.15) is 0 Å². The van der Waals surface area contributed by atoms with E-state index in [4.69, 9.17) is 5.73 Å². The number of carbonyl (C=O) groups is 1. The molecule has 0 aliphatic heterocycles. The lowest BCUT2D eigenvalue weighted by Crippen LogP contribution is -2.16. The Morgan fingerprint density at radius 2 is 2.30 bits per heavy atom. The molecule has 0 saturated heterocycles. The summed E-state index contributed by atoms with van der Waals surface area (Å²) >= 11 is 1.23.